The van der Waals surface area contributed by atoms with Crippen LogP contribution in [0.5, 0.6) is 0 Å². The molecular weight excluding hydrogens is 248 g/mol. The van der Waals surface area contributed by atoms with Crippen molar-refractivity contribution in [2.45, 2.75) is 52.4 Å². The molecule has 0 aliphatic carbocycles. The first-order chi connectivity index (χ1) is 8.79. The fourth-order valence-electron chi connectivity index (χ4n) is 2.24. The molecule has 1 aliphatic heterocycles. The summed E-state index contributed by atoms with van der Waals surface area (Å²) in [6, 6.07) is -0.555. The minimum atomic E-state index is -0.900. The molecule has 1 rings (SSSR count). The molecule has 1 unspecified atom stereocenters. The number of nitrogens with zero attached hydrogens (tertiary/aromatic N) is 1. The van der Waals surface area contributed by atoms with Crippen molar-refractivity contribution in [1.82, 2.24) is 10.2 Å². The summed E-state index contributed by atoms with van der Waals surface area (Å²) in [6.07, 6.45) is -0.0447. The number of ether oxygens (including phenoxy) is 1. The van der Waals surface area contributed by atoms with E-state index in [9.17, 15) is 9.59 Å². The van der Waals surface area contributed by atoms with E-state index >= 15 is 0 Å². The van der Waals surface area contributed by atoms with Gasteiger partial charge in [0, 0.05) is 19.1 Å². The Labute approximate surface area is 114 Å². The fraction of sp³-hybridized carbons (Fsp3) is 0.846. The van der Waals surface area contributed by atoms with Gasteiger partial charge in [-0.1, -0.05) is 13.8 Å². The van der Waals surface area contributed by atoms with Gasteiger partial charge in [0.15, 0.2) is 0 Å². The summed E-state index contributed by atoms with van der Waals surface area (Å²) in [7, 11) is 0. The maximum Gasteiger partial charge on any atom is 0.317 e. The quantitative estimate of drug-likeness (QED) is 0.808. The van der Waals surface area contributed by atoms with Gasteiger partial charge < -0.3 is 20.1 Å². The average molecular weight is 272 g/mol. The Kier molecular flexibility index (Phi) is 5.60. The highest BCUT2D eigenvalue weighted by molar-refractivity contribution is 5.76. The Bertz CT molecular complexity index is 323. The van der Waals surface area contributed by atoms with Crippen LogP contribution in [0.1, 0.15) is 34.1 Å². The molecule has 19 heavy (non-hydrogen) atoms. The lowest BCUT2D eigenvalue weighted by Gasteiger charge is -2.36. The van der Waals surface area contributed by atoms with E-state index in [0.717, 1.165) is 0 Å². The lowest BCUT2D eigenvalue weighted by molar-refractivity contribution is -0.137. The van der Waals surface area contributed by atoms with Crippen LogP contribution in [-0.2, 0) is 9.53 Å². The highest BCUT2D eigenvalue weighted by Gasteiger charge is 2.28. The normalized spacial score (nSPS) is 25.2. The van der Waals surface area contributed by atoms with Gasteiger partial charge in [-0.05, 0) is 19.8 Å². The second-order valence-corrected chi connectivity index (χ2v) is 5.56. The van der Waals surface area contributed by atoms with E-state index in [4.69, 9.17) is 9.84 Å². The number of hydrogen-bond donors (Lipinski definition) is 2. The van der Waals surface area contributed by atoms with Crippen LogP contribution in [0, 0.1) is 5.92 Å². The molecule has 2 N–H and O–H groups in total. The Morgan fingerprint density at radius 1 is 1.32 bits per heavy atom. The predicted molar refractivity (Wildman–Crippen MR) is 71.0 cm³/mol. The molecule has 3 atom stereocenters. The number of rotatable bonds is 4. The van der Waals surface area contributed by atoms with Gasteiger partial charge in [-0.2, -0.15) is 0 Å². The van der Waals surface area contributed by atoms with E-state index in [1.807, 2.05) is 27.7 Å². The smallest absolute Gasteiger partial charge is 0.317 e. The third kappa shape index (κ3) is 5.06. The molecule has 1 saturated heterocycles. The summed E-state index contributed by atoms with van der Waals surface area (Å²) in [6.45, 7) is 8.72. The fourth-order valence-corrected chi connectivity index (χ4v) is 2.24. The number of urea groups is 1. The number of carbonyl (C=O) groups is 2. The molecule has 2 amide bonds. The summed E-state index contributed by atoms with van der Waals surface area (Å²) < 4.78 is 5.57. The minimum Gasteiger partial charge on any atom is -0.481 e. The molecule has 1 fully saturated rings. The van der Waals surface area contributed by atoms with E-state index in [1.54, 1.807) is 4.90 Å². The second kappa shape index (κ2) is 6.75. The van der Waals surface area contributed by atoms with Crippen LogP contribution in [-0.4, -0.2) is 53.3 Å². The van der Waals surface area contributed by atoms with E-state index in [2.05, 4.69) is 5.32 Å². The summed E-state index contributed by atoms with van der Waals surface area (Å²) >= 11 is 0. The third-order valence-electron chi connectivity index (χ3n) is 3.21. The molecule has 110 valence electrons. The minimum absolute atomic E-state index is 0.00599. The number of aliphatic carboxylic acids is 1. The van der Waals surface area contributed by atoms with Crippen molar-refractivity contribution in [3.63, 3.8) is 0 Å². The first-order valence-electron chi connectivity index (χ1n) is 6.72. The summed E-state index contributed by atoms with van der Waals surface area (Å²) in [5, 5.41) is 11.7. The number of morpholine rings is 1. The van der Waals surface area contributed by atoms with E-state index in [1.165, 1.54) is 0 Å². The number of carboxylic acid groups (broad SMARTS) is 1. The van der Waals surface area contributed by atoms with Crippen molar-refractivity contribution < 1.29 is 19.4 Å². The molecule has 0 bridgehead atoms. The summed E-state index contributed by atoms with van der Waals surface area (Å²) in [4.78, 5) is 24.6. The molecule has 1 heterocycles. The van der Waals surface area contributed by atoms with Gasteiger partial charge in [0.1, 0.15) is 0 Å². The average Bonchev–Trinajstić information content (AvgIpc) is 2.25. The maximum atomic E-state index is 12.2. The van der Waals surface area contributed by atoms with Gasteiger partial charge in [0.2, 0.25) is 0 Å². The van der Waals surface area contributed by atoms with Crippen molar-refractivity contribution >= 4 is 12.0 Å². The number of nitrogens with one attached hydrogen (secondary N) is 1. The molecule has 6 nitrogen and oxygen atoms in total. The summed E-state index contributed by atoms with van der Waals surface area (Å²) in [5.41, 5.74) is 0. The van der Waals surface area contributed by atoms with E-state index in [0.29, 0.717) is 13.1 Å². The Balaban J connectivity index is 2.58. The van der Waals surface area contributed by atoms with Gasteiger partial charge in [-0.3, -0.25) is 4.79 Å². The second-order valence-electron chi connectivity index (χ2n) is 5.56. The molecule has 0 saturated carbocycles. The van der Waals surface area contributed by atoms with Crippen molar-refractivity contribution in [1.29, 1.82) is 0 Å². The van der Waals surface area contributed by atoms with Gasteiger partial charge in [-0.25, -0.2) is 4.79 Å². The van der Waals surface area contributed by atoms with Crippen molar-refractivity contribution in [2.75, 3.05) is 13.1 Å². The standard InChI is InChI=1S/C13H24N2O4/c1-8(2)11(5-12(16)17)14-13(18)15-6-9(3)19-10(4)7-15/h8-11H,5-7H2,1-4H3,(H,14,18)(H,16,17)/t9-,10+,11?. The monoisotopic (exact) mass is 272 g/mol. The lowest BCUT2D eigenvalue weighted by Crippen LogP contribution is -2.54. The largest absolute Gasteiger partial charge is 0.481 e. The molecule has 1 aliphatic rings. The van der Waals surface area contributed by atoms with Crippen molar-refractivity contribution in [3.8, 4) is 0 Å². The first kappa shape index (κ1) is 15.8. The van der Waals surface area contributed by atoms with Crippen LogP contribution in [0.4, 0.5) is 4.79 Å². The van der Waals surface area contributed by atoms with E-state index in [-0.39, 0.29) is 36.6 Å². The molecule has 0 spiro atoms. The molecule has 6 heteroatoms. The van der Waals surface area contributed by atoms with Crippen molar-refractivity contribution in [3.05, 3.63) is 0 Å². The zero-order valence-corrected chi connectivity index (χ0v) is 12.0. The molecule has 0 aromatic rings. The highest BCUT2D eigenvalue weighted by atomic mass is 16.5. The molecule has 0 radical (unpaired) electrons. The molecular formula is C13H24N2O4. The van der Waals surface area contributed by atoms with Gasteiger partial charge in [0.05, 0.1) is 18.6 Å². The topological polar surface area (TPSA) is 78.9 Å². The number of hydrogen-bond acceptors (Lipinski definition) is 3. The van der Waals surface area contributed by atoms with Crippen LogP contribution in [0.15, 0.2) is 0 Å². The predicted octanol–water partition coefficient (Wildman–Crippen LogP) is 1.30. The van der Waals surface area contributed by atoms with Crippen LogP contribution in [0.3, 0.4) is 0 Å². The van der Waals surface area contributed by atoms with Gasteiger partial charge >= 0.3 is 12.0 Å². The van der Waals surface area contributed by atoms with Crippen LogP contribution >= 0.6 is 0 Å². The Morgan fingerprint density at radius 3 is 2.26 bits per heavy atom. The first-order valence-corrected chi connectivity index (χ1v) is 6.72. The number of carboxylic acids is 1. The molecule has 0 aromatic carbocycles. The Hall–Kier alpha value is -1.30. The Morgan fingerprint density at radius 2 is 1.84 bits per heavy atom. The third-order valence-corrected chi connectivity index (χ3v) is 3.21. The zero-order chi connectivity index (χ0) is 14.6. The van der Waals surface area contributed by atoms with Crippen LogP contribution < -0.4 is 5.32 Å². The SMILES string of the molecule is CC(C)C(CC(=O)O)NC(=O)N1C[C@@H](C)O[C@@H](C)C1. The van der Waals surface area contributed by atoms with Crippen molar-refractivity contribution in [2.24, 2.45) is 5.92 Å². The summed E-state index contributed by atoms with van der Waals surface area (Å²) in [5.74, 6) is -0.821. The van der Waals surface area contributed by atoms with Crippen LogP contribution in [0.25, 0.3) is 0 Å². The zero-order valence-electron chi connectivity index (χ0n) is 12.0. The maximum absolute atomic E-state index is 12.2. The highest BCUT2D eigenvalue weighted by Crippen LogP contribution is 2.12. The van der Waals surface area contributed by atoms with E-state index < -0.39 is 5.97 Å². The number of amides is 2. The lowest BCUT2D eigenvalue weighted by atomic mass is 10.0. The van der Waals surface area contributed by atoms with Gasteiger partial charge in [0.25, 0.3) is 0 Å². The molecule has 0 aromatic heterocycles. The van der Waals surface area contributed by atoms with Gasteiger partial charge in [-0.15, -0.1) is 0 Å². The van der Waals surface area contributed by atoms with Crippen LogP contribution in [0.2, 0.25) is 0 Å². The number of carbonyl (C=O) groups excluding carboxylic acids is 1.